The number of nitrogen functional groups attached to an aromatic ring is 1. The molecular weight excluding hydrogens is 409 g/mol. The molecule has 2 heterocycles. The van der Waals surface area contributed by atoms with Gasteiger partial charge in [0.2, 0.25) is 0 Å². The highest BCUT2D eigenvalue weighted by Crippen LogP contribution is 2.30. The van der Waals surface area contributed by atoms with E-state index in [1.807, 2.05) is 0 Å². The van der Waals surface area contributed by atoms with E-state index in [-0.39, 0.29) is 18.1 Å². The first-order chi connectivity index (χ1) is 13.7. The number of nitrogens with two attached hydrogens (primary N) is 1. The summed E-state index contributed by atoms with van der Waals surface area (Å²) < 4.78 is 19.5. The largest absolute Gasteiger partial charge is 0.504 e. The van der Waals surface area contributed by atoms with E-state index >= 15 is 0 Å². The van der Waals surface area contributed by atoms with Crippen molar-refractivity contribution in [3.8, 4) is 11.5 Å². The first kappa shape index (κ1) is 22.2. The first-order valence-electron chi connectivity index (χ1n) is 8.06. The van der Waals surface area contributed by atoms with Crippen LogP contribution in [0.15, 0.2) is 35.3 Å². The van der Waals surface area contributed by atoms with Crippen molar-refractivity contribution in [2.45, 2.75) is 11.7 Å². The summed E-state index contributed by atoms with van der Waals surface area (Å²) in [5.74, 6) is -2.30. The van der Waals surface area contributed by atoms with Crippen LogP contribution < -0.4 is 11.4 Å². The third kappa shape index (κ3) is 6.20. The fourth-order valence-electron chi connectivity index (χ4n) is 2.16. The maximum atomic E-state index is 13.1. The van der Waals surface area contributed by atoms with E-state index in [0.29, 0.717) is 11.3 Å². The Morgan fingerprint density at radius 3 is 2.72 bits per heavy atom. The van der Waals surface area contributed by atoms with Gasteiger partial charge in [0.1, 0.15) is 11.7 Å². The number of hydrogen-bond donors (Lipinski definition) is 5. The van der Waals surface area contributed by atoms with Crippen molar-refractivity contribution in [2.75, 3.05) is 18.1 Å². The van der Waals surface area contributed by atoms with Gasteiger partial charge < -0.3 is 30.9 Å². The Kier molecular flexibility index (Phi) is 7.59. The summed E-state index contributed by atoms with van der Waals surface area (Å²) in [5.41, 5.74) is 4.61. The van der Waals surface area contributed by atoms with E-state index in [0.717, 1.165) is 16.8 Å². The van der Waals surface area contributed by atoms with Crippen molar-refractivity contribution in [2.24, 2.45) is 0 Å². The summed E-state index contributed by atoms with van der Waals surface area (Å²) in [6.45, 7) is -0.152. The number of thioether (sulfide) groups is 1. The average Bonchev–Trinajstić information content (AvgIpc) is 3.15. The number of carboxylic acids is 1. The molecule has 1 aliphatic heterocycles. The number of carboxylic acid groups (broad SMARTS) is 1. The Balaban J connectivity index is 0.000000212. The van der Waals surface area contributed by atoms with Gasteiger partial charge in [-0.2, -0.15) is 4.98 Å². The topological polar surface area (TPSA) is 168 Å². The molecule has 0 radical (unpaired) electrons. The number of anilines is 1. The fourth-order valence-corrected chi connectivity index (χ4v) is 3.09. The van der Waals surface area contributed by atoms with Crippen LogP contribution in [-0.2, 0) is 9.53 Å². The molecule has 0 bridgehead atoms. The van der Waals surface area contributed by atoms with E-state index in [1.54, 1.807) is 0 Å². The molecule has 1 saturated heterocycles. The molecule has 29 heavy (non-hydrogen) atoms. The molecule has 2 atom stereocenters. The quantitative estimate of drug-likeness (QED) is 0.347. The maximum absolute atomic E-state index is 13.1. The summed E-state index contributed by atoms with van der Waals surface area (Å²) in [4.78, 5) is 24.9. The van der Waals surface area contributed by atoms with Gasteiger partial charge in [-0.25, -0.2) is 14.0 Å². The van der Waals surface area contributed by atoms with Gasteiger partial charge in [-0.15, -0.1) is 11.8 Å². The third-order valence-electron chi connectivity index (χ3n) is 3.54. The molecule has 1 aromatic carbocycles. The zero-order valence-corrected chi connectivity index (χ0v) is 15.6. The Morgan fingerprint density at radius 2 is 2.14 bits per heavy atom. The van der Waals surface area contributed by atoms with E-state index in [1.165, 1.54) is 36.0 Å². The van der Waals surface area contributed by atoms with Gasteiger partial charge in [0.05, 0.1) is 12.8 Å². The molecule has 0 spiro atoms. The van der Waals surface area contributed by atoms with E-state index in [4.69, 9.17) is 30.9 Å². The van der Waals surface area contributed by atoms with Gasteiger partial charge in [0.15, 0.2) is 23.1 Å². The molecule has 0 amide bonds. The van der Waals surface area contributed by atoms with Crippen molar-refractivity contribution >= 4 is 29.6 Å². The molecule has 1 aliphatic rings. The van der Waals surface area contributed by atoms with Gasteiger partial charge >= 0.3 is 11.7 Å². The Morgan fingerprint density at radius 1 is 1.41 bits per heavy atom. The number of ether oxygens (including phenoxy) is 1. The minimum absolute atomic E-state index is 0.152. The highest BCUT2D eigenvalue weighted by Gasteiger charge is 2.28. The van der Waals surface area contributed by atoms with E-state index in [2.05, 4.69) is 4.98 Å². The van der Waals surface area contributed by atoms with Crippen LogP contribution in [0.4, 0.5) is 10.2 Å². The molecule has 156 valence electrons. The predicted molar refractivity (Wildman–Crippen MR) is 103 cm³/mol. The Bertz CT molecular complexity index is 967. The lowest BCUT2D eigenvalue weighted by molar-refractivity contribution is -0.131. The molecular formula is C17H18FN3O7S. The van der Waals surface area contributed by atoms with Crippen molar-refractivity contribution in [3.63, 3.8) is 0 Å². The van der Waals surface area contributed by atoms with Gasteiger partial charge in [0.25, 0.3) is 0 Å². The second kappa shape index (κ2) is 9.91. The molecule has 3 rings (SSSR count). The average molecular weight is 427 g/mol. The number of aliphatic hydroxyl groups excluding tert-OH is 1. The third-order valence-corrected chi connectivity index (χ3v) is 4.65. The summed E-state index contributed by atoms with van der Waals surface area (Å²) >= 11 is 1.35. The van der Waals surface area contributed by atoms with Gasteiger partial charge in [-0.3, -0.25) is 4.57 Å². The SMILES string of the molecule is Nc1nc(=O)n([C@@H]2CS[C@H](CO)O2)cc1F.O=C(O)/C=C/c1ccc(O)c(O)c1. The number of carbonyl (C=O) groups is 1. The Labute approximate surface area is 167 Å². The number of aliphatic hydroxyl groups is 1. The lowest BCUT2D eigenvalue weighted by Crippen LogP contribution is -2.29. The molecule has 12 heteroatoms. The van der Waals surface area contributed by atoms with Crippen molar-refractivity contribution < 1.29 is 34.3 Å². The molecule has 1 aromatic heterocycles. The van der Waals surface area contributed by atoms with Crippen LogP contribution in [0.3, 0.4) is 0 Å². The van der Waals surface area contributed by atoms with Crippen LogP contribution in [0.25, 0.3) is 6.08 Å². The normalized spacial score (nSPS) is 18.4. The lowest BCUT2D eigenvalue weighted by atomic mass is 10.2. The number of aromatic hydroxyl groups is 2. The molecule has 6 N–H and O–H groups in total. The lowest BCUT2D eigenvalue weighted by Gasteiger charge is -2.13. The molecule has 0 unspecified atom stereocenters. The van der Waals surface area contributed by atoms with Crippen LogP contribution in [0, 0.1) is 5.82 Å². The highest BCUT2D eigenvalue weighted by molar-refractivity contribution is 8.00. The first-order valence-corrected chi connectivity index (χ1v) is 9.11. The van der Waals surface area contributed by atoms with Crippen molar-refractivity contribution in [3.05, 3.63) is 52.3 Å². The van der Waals surface area contributed by atoms with Crippen molar-refractivity contribution in [1.29, 1.82) is 0 Å². The number of nitrogens with zero attached hydrogens (tertiary/aromatic N) is 2. The number of aromatic nitrogens is 2. The van der Waals surface area contributed by atoms with Gasteiger partial charge in [0, 0.05) is 11.8 Å². The number of aliphatic carboxylic acids is 1. The van der Waals surface area contributed by atoms with Gasteiger partial charge in [-0.05, 0) is 23.8 Å². The van der Waals surface area contributed by atoms with Crippen LogP contribution >= 0.6 is 11.8 Å². The van der Waals surface area contributed by atoms with E-state index < -0.39 is 35.0 Å². The second-order valence-corrected chi connectivity index (χ2v) is 6.81. The van der Waals surface area contributed by atoms with Crippen LogP contribution in [0.2, 0.25) is 0 Å². The van der Waals surface area contributed by atoms with Crippen molar-refractivity contribution in [1.82, 2.24) is 9.55 Å². The molecule has 2 aromatic rings. The van der Waals surface area contributed by atoms with E-state index in [9.17, 15) is 14.0 Å². The molecule has 0 aliphatic carbocycles. The standard InChI is InChI=1S/C9H8O4.C8H10FN3O3S/c10-7-3-1-6(5-8(7)11)2-4-9(12)13;9-4-1-12(8(14)11-7(4)10)5-3-16-6(2-13)15-5/h1-5,10-11H,(H,12,13);1,5-6,13H,2-3H2,(H2,10,11,14)/b4-2+;/t;5-,6+/m.0/s1. The van der Waals surface area contributed by atoms with Crippen LogP contribution in [-0.4, -0.2) is 53.7 Å². The number of phenolic OH excluding ortho intramolecular Hbond substituents is 2. The summed E-state index contributed by atoms with van der Waals surface area (Å²) in [6, 6.07) is 4.06. The van der Waals surface area contributed by atoms with Gasteiger partial charge in [-0.1, -0.05) is 6.07 Å². The number of hydrogen-bond acceptors (Lipinski definition) is 9. The Hall–Kier alpha value is -3.09. The molecule has 10 nitrogen and oxygen atoms in total. The number of halogens is 1. The number of phenols is 2. The fraction of sp³-hybridized carbons (Fsp3) is 0.235. The number of benzene rings is 1. The highest BCUT2D eigenvalue weighted by atomic mass is 32.2. The molecule has 1 fully saturated rings. The monoisotopic (exact) mass is 427 g/mol. The number of rotatable bonds is 4. The second-order valence-electron chi connectivity index (χ2n) is 5.62. The zero-order chi connectivity index (χ0) is 21.6. The smallest absolute Gasteiger partial charge is 0.351 e. The minimum Gasteiger partial charge on any atom is -0.504 e. The maximum Gasteiger partial charge on any atom is 0.351 e. The van der Waals surface area contributed by atoms with Crippen LogP contribution in [0.1, 0.15) is 11.8 Å². The minimum atomic E-state index is -1.06. The predicted octanol–water partition coefficient (Wildman–Crippen LogP) is 0.741. The van der Waals surface area contributed by atoms with Crippen LogP contribution in [0.5, 0.6) is 11.5 Å². The molecule has 0 saturated carbocycles. The summed E-state index contributed by atoms with van der Waals surface area (Å²) in [7, 11) is 0. The zero-order valence-electron chi connectivity index (χ0n) is 14.8. The summed E-state index contributed by atoms with van der Waals surface area (Å²) in [5, 5.41) is 35.1. The summed E-state index contributed by atoms with van der Waals surface area (Å²) in [6.07, 6.45) is 2.63.